The lowest BCUT2D eigenvalue weighted by Gasteiger charge is -2.14. The van der Waals surface area contributed by atoms with Crippen LogP contribution in [-0.2, 0) is 9.53 Å². The Kier molecular flexibility index (Phi) is 10.1. The van der Waals surface area contributed by atoms with Gasteiger partial charge in [-0.2, -0.15) is 0 Å². The number of aromatic hydroxyl groups is 1. The third kappa shape index (κ3) is 8.70. The minimum atomic E-state index is -0.741. The van der Waals surface area contributed by atoms with E-state index < -0.39 is 12.0 Å². The molecule has 1 unspecified atom stereocenters. The number of hydrogen-bond donors (Lipinski definition) is 4. The van der Waals surface area contributed by atoms with E-state index in [9.17, 15) is 19.8 Å². The molecule has 0 aliphatic carbocycles. The molecule has 0 aliphatic heterocycles. The van der Waals surface area contributed by atoms with Crippen molar-refractivity contribution in [3.63, 3.8) is 0 Å². The summed E-state index contributed by atoms with van der Waals surface area (Å²) in [6.45, 7) is 1.34. The van der Waals surface area contributed by atoms with E-state index in [0.29, 0.717) is 30.3 Å². The highest BCUT2D eigenvalue weighted by Crippen LogP contribution is 2.22. The summed E-state index contributed by atoms with van der Waals surface area (Å²) in [5.41, 5.74) is 5.17. The topological polar surface area (TPSA) is 150 Å². The fraction of sp³-hybridized carbons (Fsp3) is 0.364. The van der Waals surface area contributed by atoms with Crippen molar-refractivity contribution < 1.29 is 38.7 Å². The average Bonchev–Trinajstić information content (AvgIpc) is 2.79. The molecule has 10 heteroatoms. The Balaban J connectivity index is 1.60. The number of ether oxygens (including phenoxy) is 4. The Hall–Kier alpha value is -3.50. The first kappa shape index (κ1) is 24.8. The van der Waals surface area contributed by atoms with Gasteiger partial charge in [-0.15, -0.1) is 0 Å². The van der Waals surface area contributed by atoms with Crippen molar-refractivity contribution in [1.29, 1.82) is 0 Å². The van der Waals surface area contributed by atoms with Crippen LogP contribution in [0, 0.1) is 0 Å². The number of aliphatic hydroxyl groups is 1. The lowest BCUT2D eigenvalue weighted by Crippen LogP contribution is -2.33. The zero-order valence-electron chi connectivity index (χ0n) is 17.8. The summed E-state index contributed by atoms with van der Waals surface area (Å²) in [6.07, 6.45) is -0.566. The van der Waals surface area contributed by atoms with E-state index >= 15 is 0 Å². The summed E-state index contributed by atoms with van der Waals surface area (Å²) < 4.78 is 21.0. The lowest BCUT2D eigenvalue weighted by atomic mass is 10.2. The second-order valence-electron chi connectivity index (χ2n) is 6.71. The number of carbonyl (C=O) groups excluding carboxylic acids is 2. The third-order valence-electron chi connectivity index (χ3n) is 4.23. The van der Waals surface area contributed by atoms with Gasteiger partial charge in [0.05, 0.1) is 25.7 Å². The van der Waals surface area contributed by atoms with Gasteiger partial charge in [0.15, 0.2) is 0 Å². The molecule has 0 heterocycles. The smallest absolute Gasteiger partial charge is 0.308 e. The first-order valence-corrected chi connectivity index (χ1v) is 9.96. The Morgan fingerprint density at radius 1 is 1.00 bits per heavy atom. The van der Waals surface area contributed by atoms with Gasteiger partial charge in [0.1, 0.15) is 42.3 Å². The minimum absolute atomic E-state index is 0.0104. The number of phenols is 1. The van der Waals surface area contributed by atoms with Gasteiger partial charge >= 0.3 is 5.97 Å². The Labute approximate surface area is 185 Å². The average molecular weight is 448 g/mol. The van der Waals surface area contributed by atoms with Crippen LogP contribution in [0.4, 0.5) is 0 Å². The van der Waals surface area contributed by atoms with Crippen LogP contribution in [0.5, 0.6) is 23.0 Å². The second-order valence-corrected chi connectivity index (χ2v) is 6.71. The van der Waals surface area contributed by atoms with Gasteiger partial charge in [-0.25, -0.2) is 0 Å². The molecule has 0 aliphatic rings. The zero-order chi connectivity index (χ0) is 23.3. The number of nitrogens with two attached hydrogens (primary N) is 1. The van der Waals surface area contributed by atoms with E-state index in [1.807, 2.05) is 0 Å². The van der Waals surface area contributed by atoms with Gasteiger partial charge in [-0.3, -0.25) is 9.59 Å². The summed E-state index contributed by atoms with van der Waals surface area (Å²) >= 11 is 0. The molecule has 5 N–H and O–H groups in total. The van der Waals surface area contributed by atoms with Crippen LogP contribution in [0.15, 0.2) is 42.5 Å². The number of benzene rings is 2. The van der Waals surface area contributed by atoms with E-state index in [-0.39, 0.29) is 43.5 Å². The van der Waals surface area contributed by atoms with Crippen LogP contribution in [0.25, 0.3) is 0 Å². The number of methoxy groups -OCH3 is 1. The highest BCUT2D eigenvalue weighted by atomic mass is 16.5. The standard InChI is InChI=1S/C22H28N2O8/c1-29-21(27)8-10-30-16-2-4-17(5-3-16)32-14-15(25)13-24-9-11-31-18-6-7-20(26)19(12-18)22(23)28/h2-7,12,15,24-26H,8-11,13-14H2,1H3,(H2,23,28). The summed E-state index contributed by atoms with van der Waals surface area (Å²) in [4.78, 5) is 22.3. The number of primary amides is 1. The number of aliphatic hydroxyl groups excluding tert-OH is 1. The summed E-state index contributed by atoms with van der Waals surface area (Å²) in [5.74, 6) is 0.295. The normalized spacial score (nSPS) is 11.4. The predicted octanol–water partition coefficient (Wildman–Crippen LogP) is 0.841. The maximum atomic E-state index is 11.2. The van der Waals surface area contributed by atoms with Gasteiger partial charge < -0.3 is 40.2 Å². The molecule has 1 amide bonds. The predicted molar refractivity (Wildman–Crippen MR) is 115 cm³/mol. The molecule has 0 bridgehead atoms. The maximum absolute atomic E-state index is 11.2. The van der Waals surface area contributed by atoms with E-state index in [2.05, 4.69) is 10.1 Å². The second kappa shape index (κ2) is 13.0. The molecule has 0 saturated carbocycles. The van der Waals surface area contributed by atoms with E-state index in [4.69, 9.17) is 19.9 Å². The first-order chi connectivity index (χ1) is 15.4. The fourth-order valence-corrected chi connectivity index (χ4v) is 2.55. The molecule has 0 saturated heterocycles. The van der Waals surface area contributed by atoms with E-state index in [1.54, 1.807) is 24.3 Å². The Morgan fingerprint density at radius 3 is 2.28 bits per heavy atom. The maximum Gasteiger partial charge on any atom is 0.308 e. The summed E-state index contributed by atoms with van der Waals surface area (Å²) in [6, 6.07) is 11.1. The molecule has 2 rings (SSSR count). The first-order valence-electron chi connectivity index (χ1n) is 9.96. The van der Waals surface area contributed by atoms with Gasteiger partial charge in [0.25, 0.3) is 5.91 Å². The molecule has 174 valence electrons. The van der Waals surface area contributed by atoms with Crippen LogP contribution in [0.2, 0.25) is 0 Å². The van der Waals surface area contributed by atoms with Crippen molar-refractivity contribution in [1.82, 2.24) is 5.32 Å². The van der Waals surface area contributed by atoms with Crippen LogP contribution in [0.3, 0.4) is 0 Å². The number of nitrogens with one attached hydrogen (secondary N) is 1. The fourth-order valence-electron chi connectivity index (χ4n) is 2.55. The largest absolute Gasteiger partial charge is 0.507 e. The molecule has 1 atom stereocenters. The van der Waals surface area contributed by atoms with E-state index in [0.717, 1.165) is 0 Å². The Bertz CT molecular complexity index is 873. The lowest BCUT2D eigenvalue weighted by molar-refractivity contribution is -0.141. The van der Waals surface area contributed by atoms with Crippen molar-refractivity contribution >= 4 is 11.9 Å². The number of esters is 1. The summed E-state index contributed by atoms with van der Waals surface area (Å²) in [5, 5.41) is 22.6. The molecule has 0 spiro atoms. The zero-order valence-corrected chi connectivity index (χ0v) is 17.8. The van der Waals surface area contributed by atoms with Crippen molar-refractivity contribution in [2.75, 3.05) is 40.0 Å². The molecule has 0 radical (unpaired) electrons. The van der Waals surface area contributed by atoms with E-state index in [1.165, 1.54) is 25.3 Å². The number of rotatable bonds is 14. The molecule has 2 aromatic carbocycles. The van der Waals surface area contributed by atoms with Crippen LogP contribution < -0.4 is 25.3 Å². The highest BCUT2D eigenvalue weighted by Gasteiger charge is 2.09. The monoisotopic (exact) mass is 448 g/mol. The third-order valence-corrected chi connectivity index (χ3v) is 4.23. The molecule has 10 nitrogen and oxygen atoms in total. The van der Waals surface area contributed by atoms with Crippen molar-refractivity contribution in [3.05, 3.63) is 48.0 Å². The number of amides is 1. The van der Waals surface area contributed by atoms with Gasteiger partial charge in [0.2, 0.25) is 0 Å². The van der Waals surface area contributed by atoms with Gasteiger partial charge in [-0.05, 0) is 42.5 Å². The van der Waals surface area contributed by atoms with Gasteiger partial charge in [-0.1, -0.05) is 0 Å². The molecule has 2 aromatic rings. The van der Waals surface area contributed by atoms with Crippen molar-refractivity contribution in [3.8, 4) is 23.0 Å². The molecular weight excluding hydrogens is 420 g/mol. The minimum Gasteiger partial charge on any atom is -0.507 e. The van der Waals surface area contributed by atoms with Crippen LogP contribution >= 0.6 is 0 Å². The SMILES string of the molecule is COC(=O)CCOc1ccc(OCC(O)CNCCOc2ccc(O)c(C(N)=O)c2)cc1. The highest BCUT2D eigenvalue weighted by molar-refractivity contribution is 5.95. The molecule has 0 fully saturated rings. The number of hydrogen-bond acceptors (Lipinski definition) is 9. The van der Waals surface area contributed by atoms with Crippen LogP contribution in [0.1, 0.15) is 16.8 Å². The quantitative estimate of drug-likeness (QED) is 0.244. The van der Waals surface area contributed by atoms with Crippen LogP contribution in [-0.4, -0.2) is 68.2 Å². The molecule has 0 aromatic heterocycles. The molecule has 32 heavy (non-hydrogen) atoms. The van der Waals surface area contributed by atoms with Gasteiger partial charge in [0, 0.05) is 13.1 Å². The van der Waals surface area contributed by atoms with Crippen molar-refractivity contribution in [2.24, 2.45) is 5.73 Å². The van der Waals surface area contributed by atoms with Crippen molar-refractivity contribution in [2.45, 2.75) is 12.5 Å². The Morgan fingerprint density at radius 2 is 1.62 bits per heavy atom. The summed E-state index contributed by atoms with van der Waals surface area (Å²) in [7, 11) is 1.33. The number of carbonyl (C=O) groups is 2. The molecular formula is C22H28N2O8.